The summed E-state index contributed by atoms with van der Waals surface area (Å²) < 4.78 is 5.63. The van der Waals surface area contributed by atoms with E-state index in [1.807, 2.05) is 42.5 Å². The normalized spacial score (nSPS) is 10.6. The first-order chi connectivity index (χ1) is 14.0. The van der Waals surface area contributed by atoms with Crippen molar-refractivity contribution >= 4 is 51.5 Å². The number of fused-ring (bicyclic) bond motifs is 1. The Hall–Kier alpha value is -2.76. The maximum atomic E-state index is 12.5. The summed E-state index contributed by atoms with van der Waals surface area (Å²) in [5.74, 6) is -0.0811. The fraction of sp³-hybridized carbons (Fsp3) is 0.182. The summed E-state index contributed by atoms with van der Waals surface area (Å²) in [5.41, 5.74) is 0.330. The maximum Gasteiger partial charge on any atom is 0.260 e. The minimum absolute atomic E-state index is 0.127. The fourth-order valence-electron chi connectivity index (χ4n) is 2.84. The molecule has 0 aromatic heterocycles. The van der Waals surface area contributed by atoms with E-state index in [2.05, 4.69) is 5.32 Å². The zero-order valence-electron chi connectivity index (χ0n) is 15.8. The summed E-state index contributed by atoms with van der Waals surface area (Å²) in [4.78, 5) is 26.3. The third-order valence-electron chi connectivity index (χ3n) is 4.38. The number of nitrogens with zero attached hydrogens (tertiary/aromatic N) is 1. The number of hydrogen-bond acceptors (Lipinski definition) is 3. The van der Waals surface area contributed by atoms with Crippen molar-refractivity contribution in [1.82, 2.24) is 4.90 Å². The highest BCUT2D eigenvalue weighted by molar-refractivity contribution is 6.39. The third-order valence-corrected chi connectivity index (χ3v) is 5.01. The molecule has 0 radical (unpaired) electrons. The van der Waals surface area contributed by atoms with Gasteiger partial charge in [0.2, 0.25) is 5.91 Å². The Labute approximate surface area is 179 Å². The van der Waals surface area contributed by atoms with Gasteiger partial charge in [0, 0.05) is 6.54 Å². The number of halogens is 2. The maximum absolute atomic E-state index is 12.5. The second-order valence-corrected chi connectivity index (χ2v) is 7.16. The second-order valence-electron chi connectivity index (χ2n) is 6.35. The van der Waals surface area contributed by atoms with E-state index in [-0.39, 0.29) is 25.0 Å². The van der Waals surface area contributed by atoms with Gasteiger partial charge in [-0.2, -0.15) is 0 Å². The van der Waals surface area contributed by atoms with Crippen LogP contribution in [0.5, 0.6) is 5.75 Å². The molecule has 0 fully saturated rings. The van der Waals surface area contributed by atoms with Gasteiger partial charge < -0.3 is 15.0 Å². The molecule has 29 heavy (non-hydrogen) atoms. The number of amides is 2. The Kier molecular flexibility index (Phi) is 6.96. The molecule has 3 aromatic carbocycles. The van der Waals surface area contributed by atoms with E-state index in [1.54, 1.807) is 25.1 Å². The first-order valence-corrected chi connectivity index (χ1v) is 9.86. The number of rotatable bonds is 7. The predicted molar refractivity (Wildman–Crippen MR) is 117 cm³/mol. The number of anilines is 1. The molecule has 1 N–H and O–H groups in total. The minimum atomic E-state index is -0.388. The summed E-state index contributed by atoms with van der Waals surface area (Å²) in [7, 11) is 0. The van der Waals surface area contributed by atoms with Crippen LogP contribution in [0.1, 0.15) is 6.92 Å². The van der Waals surface area contributed by atoms with Crippen molar-refractivity contribution in [3.05, 3.63) is 70.7 Å². The molecule has 7 heteroatoms. The van der Waals surface area contributed by atoms with E-state index in [0.717, 1.165) is 10.8 Å². The van der Waals surface area contributed by atoms with Crippen LogP contribution in [0, 0.1) is 0 Å². The van der Waals surface area contributed by atoms with E-state index in [1.165, 1.54) is 4.90 Å². The van der Waals surface area contributed by atoms with Crippen molar-refractivity contribution in [2.45, 2.75) is 6.92 Å². The number of carbonyl (C=O) groups is 2. The van der Waals surface area contributed by atoms with Gasteiger partial charge in [-0.15, -0.1) is 0 Å². The first-order valence-electron chi connectivity index (χ1n) is 9.11. The molecule has 150 valence electrons. The number of hydrogen-bond donors (Lipinski definition) is 1. The Morgan fingerprint density at radius 1 is 0.966 bits per heavy atom. The molecule has 0 spiro atoms. The van der Waals surface area contributed by atoms with Crippen LogP contribution in [0.25, 0.3) is 10.8 Å². The van der Waals surface area contributed by atoms with Gasteiger partial charge in [0.05, 0.1) is 22.3 Å². The monoisotopic (exact) mass is 430 g/mol. The largest absolute Gasteiger partial charge is 0.484 e. The van der Waals surface area contributed by atoms with Gasteiger partial charge in [0.1, 0.15) is 5.75 Å². The van der Waals surface area contributed by atoms with Crippen LogP contribution >= 0.6 is 23.2 Å². The van der Waals surface area contributed by atoms with Crippen LogP contribution in [0.15, 0.2) is 60.7 Å². The van der Waals surface area contributed by atoms with Crippen molar-refractivity contribution in [3.8, 4) is 5.75 Å². The van der Waals surface area contributed by atoms with Crippen LogP contribution in [-0.2, 0) is 9.59 Å². The number of para-hydroxylation sites is 1. The highest BCUT2D eigenvalue weighted by Gasteiger charge is 2.18. The molecule has 2 amide bonds. The molecule has 0 aliphatic heterocycles. The van der Waals surface area contributed by atoms with Gasteiger partial charge in [0.15, 0.2) is 6.61 Å². The lowest BCUT2D eigenvalue weighted by atomic mass is 10.1. The Morgan fingerprint density at radius 3 is 2.34 bits per heavy atom. The molecule has 0 heterocycles. The quantitative estimate of drug-likeness (QED) is 0.572. The molecule has 3 rings (SSSR count). The number of nitrogens with one attached hydrogen (secondary N) is 1. The zero-order chi connectivity index (χ0) is 20.8. The van der Waals surface area contributed by atoms with E-state index in [0.29, 0.717) is 28.0 Å². The molecule has 0 unspecified atom stereocenters. The topological polar surface area (TPSA) is 58.6 Å². The van der Waals surface area contributed by atoms with E-state index >= 15 is 0 Å². The van der Waals surface area contributed by atoms with Gasteiger partial charge >= 0.3 is 0 Å². The summed E-state index contributed by atoms with van der Waals surface area (Å²) in [6.45, 7) is 1.87. The van der Waals surface area contributed by atoms with E-state index in [4.69, 9.17) is 27.9 Å². The molecule has 0 aliphatic carbocycles. The summed E-state index contributed by atoms with van der Waals surface area (Å²) in [5, 5.41) is 5.44. The van der Waals surface area contributed by atoms with Gasteiger partial charge in [0.25, 0.3) is 5.91 Å². The van der Waals surface area contributed by atoms with Gasteiger partial charge in [-0.25, -0.2) is 0 Å². The molecule has 3 aromatic rings. The van der Waals surface area contributed by atoms with Crippen molar-refractivity contribution in [2.24, 2.45) is 0 Å². The number of carbonyl (C=O) groups excluding carboxylic acids is 2. The molecule has 0 aliphatic rings. The van der Waals surface area contributed by atoms with Crippen LogP contribution in [0.4, 0.5) is 5.69 Å². The third kappa shape index (κ3) is 5.40. The Bertz CT molecular complexity index is 1020. The number of likely N-dealkylation sites (N-methyl/N-ethyl adjacent to an activating group) is 1. The highest BCUT2D eigenvalue weighted by Crippen LogP contribution is 2.29. The lowest BCUT2D eigenvalue weighted by Crippen LogP contribution is -2.40. The number of ether oxygens (including phenoxy) is 1. The standard InChI is InChI=1S/C22H20Cl2N2O3/c1-2-26(13-20(27)25-22-18(23)8-5-9-19(22)24)21(28)14-29-17-11-10-15-6-3-4-7-16(15)12-17/h3-12H,2,13-14H2,1H3,(H,25,27). The summed E-state index contributed by atoms with van der Waals surface area (Å²) >= 11 is 12.1. The molecule has 0 saturated heterocycles. The molecular formula is C22H20Cl2N2O3. The minimum Gasteiger partial charge on any atom is -0.484 e. The van der Waals surface area contributed by atoms with Crippen molar-refractivity contribution in [1.29, 1.82) is 0 Å². The van der Waals surface area contributed by atoms with Gasteiger partial charge in [-0.1, -0.05) is 59.6 Å². The Morgan fingerprint density at radius 2 is 1.66 bits per heavy atom. The SMILES string of the molecule is CCN(CC(=O)Nc1c(Cl)cccc1Cl)C(=O)COc1ccc2ccccc2c1. The molecule has 0 bridgehead atoms. The summed E-state index contributed by atoms with van der Waals surface area (Å²) in [6, 6.07) is 18.5. The average molecular weight is 431 g/mol. The predicted octanol–water partition coefficient (Wildman–Crippen LogP) is 5.01. The number of benzene rings is 3. The molecule has 5 nitrogen and oxygen atoms in total. The first kappa shape index (κ1) is 21.0. The van der Waals surface area contributed by atoms with Crippen molar-refractivity contribution in [3.63, 3.8) is 0 Å². The van der Waals surface area contributed by atoms with Crippen LogP contribution in [0.2, 0.25) is 10.0 Å². The zero-order valence-corrected chi connectivity index (χ0v) is 17.3. The molecule has 0 saturated carbocycles. The van der Waals surface area contributed by atoms with Crippen LogP contribution < -0.4 is 10.1 Å². The average Bonchev–Trinajstić information content (AvgIpc) is 2.73. The summed E-state index contributed by atoms with van der Waals surface area (Å²) in [6.07, 6.45) is 0. The van der Waals surface area contributed by atoms with Gasteiger partial charge in [-0.05, 0) is 42.0 Å². The smallest absolute Gasteiger partial charge is 0.260 e. The lowest BCUT2D eigenvalue weighted by Gasteiger charge is -2.21. The lowest BCUT2D eigenvalue weighted by molar-refractivity contribution is -0.136. The van der Waals surface area contributed by atoms with Crippen molar-refractivity contribution in [2.75, 3.05) is 25.0 Å². The van der Waals surface area contributed by atoms with Crippen LogP contribution in [-0.4, -0.2) is 36.4 Å². The Balaban J connectivity index is 1.58. The van der Waals surface area contributed by atoms with E-state index < -0.39 is 0 Å². The second kappa shape index (κ2) is 9.63. The molecule has 0 atom stereocenters. The van der Waals surface area contributed by atoms with Gasteiger partial charge in [-0.3, -0.25) is 9.59 Å². The van der Waals surface area contributed by atoms with Crippen LogP contribution in [0.3, 0.4) is 0 Å². The van der Waals surface area contributed by atoms with E-state index in [9.17, 15) is 9.59 Å². The highest BCUT2D eigenvalue weighted by atomic mass is 35.5. The van der Waals surface area contributed by atoms with Crippen molar-refractivity contribution < 1.29 is 14.3 Å². The fourth-order valence-corrected chi connectivity index (χ4v) is 3.33. The molecular weight excluding hydrogens is 411 g/mol.